The van der Waals surface area contributed by atoms with E-state index in [9.17, 15) is 0 Å². The van der Waals surface area contributed by atoms with Gasteiger partial charge in [0.05, 0.1) is 19.8 Å². The topological polar surface area (TPSA) is 67.4 Å². The lowest BCUT2D eigenvalue weighted by Crippen LogP contribution is -2.43. The third kappa shape index (κ3) is 9.89. The molecule has 0 saturated carbocycles. The van der Waals surface area contributed by atoms with Crippen molar-refractivity contribution in [2.45, 2.75) is 40.2 Å². The van der Waals surface area contributed by atoms with Gasteiger partial charge in [-0.25, -0.2) is 4.99 Å². The number of aliphatic imine (C=N–C) groups is 1. The molecule has 0 atom stereocenters. The van der Waals surface area contributed by atoms with Gasteiger partial charge in [-0.05, 0) is 64.3 Å². The number of aryl methyl sites for hydroxylation is 1. The van der Waals surface area contributed by atoms with Gasteiger partial charge in [-0.15, -0.1) is 0 Å². The summed E-state index contributed by atoms with van der Waals surface area (Å²) in [7, 11) is 1.77. The number of piperidine rings is 1. The van der Waals surface area contributed by atoms with Crippen LogP contribution >= 0.6 is 0 Å². The van der Waals surface area contributed by atoms with Crippen molar-refractivity contribution >= 4 is 5.96 Å². The number of hydrogen-bond acceptors (Lipinski definition) is 5. The molecular formula is C24H42N4O3. The predicted octanol–water partition coefficient (Wildman–Crippen LogP) is 2.82. The predicted molar refractivity (Wildman–Crippen MR) is 127 cm³/mol. The highest BCUT2D eigenvalue weighted by molar-refractivity contribution is 5.79. The number of guanidine groups is 1. The summed E-state index contributed by atoms with van der Waals surface area (Å²) in [6, 6.07) is 6.29. The molecule has 1 aromatic carbocycles. The molecule has 0 amide bonds. The number of ether oxygens (including phenoxy) is 3. The average Bonchev–Trinajstić information content (AvgIpc) is 2.78. The normalized spacial score (nSPS) is 15.8. The van der Waals surface area contributed by atoms with Gasteiger partial charge in [-0.3, -0.25) is 0 Å². The summed E-state index contributed by atoms with van der Waals surface area (Å²) in [5, 5.41) is 6.92. The van der Waals surface area contributed by atoms with Crippen molar-refractivity contribution in [3.05, 3.63) is 29.3 Å². The Hall–Kier alpha value is -1.83. The maximum Gasteiger partial charge on any atom is 0.191 e. The lowest BCUT2D eigenvalue weighted by molar-refractivity contribution is 0.110. The van der Waals surface area contributed by atoms with Crippen molar-refractivity contribution in [1.82, 2.24) is 15.5 Å². The van der Waals surface area contributed by atoms with Gasteiger partial charge >= 0.3 is 0 Å². The van der Waals surface area contributed by atoms with E-state index >= 15 is 0 Å². The van der Waals surface area contributed by atoms with Crippen LogP contribution < -0.4 is 15.4 Å². The molecule has 7 nitrogen and oxygen atoms in total. The molecule has 1 aromatic rings. The molecule has 1 heterocycles. The van der Waals surface area contributed by atoms with E-state index in [2.05, 4.69) is 47.6 Å². The molecule has 0 spiro atoms. The fraction of sp³-hybridized carbons (Fsp3) is 0.708. The van der Waals surface area contributed by atoms with Crippen molar-refractivity contribution in [1.29, 1.82) is 0 Å². The Bertz CT molecular complexity index is 646. The van der Waals surface area contributed by atoms with Gasteiger partial charge in [0, 0.05) is 38.9 Å². The molecule has 31 heavy (non-hydrogen) atoms. The van der Waals surface area contributed by atoms with Crippen LogP contribution in [0.4, 0.5) is 0 Å². The maximum atomic E-state index is 5.96. The molecule has 2 N–H and O–H groups in total. The minimum absolute atomic E-state index is 0.551. The zero-order valence-corrected chi connectivity index (χ0v) is 19.9. The molecule has 0 unspecified atom stereocenters. The van der Waals surface area contributed by atoms with E-state index in [0.717, 1.165) is 56.6 Å². The summed E-state index contributed by atoms with van der Waals surface area (Å²) in [4.78, 5) is 7.30. The number of nitrogens with zero attached hydrogens (tertiary/aromatic N) is 2. The maximum absolute atomic E-state index is 5.96. The quantitative estimate of drug-likeness (QED) is 0.283. The molecule has 176 valence electrons. The largest absolute Gasteiger partial charge is 0.491 e. The van der Waals surface area contributed by atoms with Gasteiger partial charge in [0.1, 0.15) is 12.4 Å². The number of methoxy groups -OCH3 is 1. The van der Waals surface area contributed by atoms with Gasteiger partial charge in [0.2, 0.25) is 0 Å². The van der Waals surface area contributed by atoms with E-state index in [4.69, 9.17) is 19.2 Å². The second-order valence-corrected chi connectivity index (χ2v) is 8.01. The monoisotopic (exact) mass is 434 g/mol. The van der Waals surface area contributed by atoms with Gasteiger partial charge in [0.15, 0.2) is 5.96 Å². The first-order valence-electron chi connectivity index (χ1n) is 11.7. The van der Waals surface area contributed by atoms with Crippen LogP contribution in [0.25, 0.3) is 0 Å². The van der Waals surface area contributed by atoms with Crippen LogP contribution in [-0.2, 0) is 16.0 Å². The van der Waals surface area contributed by atoms with Gasteiger partial charge in [0.25, 0.3) is 0 Å². The molecule has 0 aromatic heterocycles. The van der Waals surface area contributed by atoms with Gasteiger partial charge in [-0.2, -0.15) is 0 Å². The van der Waals surface area contributed by atoms with Crippen LogP contribution in [-0.4, -0.2) is 77.1 Å². The smallest absolute Gasteiger partial charge is 0.191 e. The third-order valence-electron chi connectivity index (χ3n) is 5.54. The Balaban J connectivity index is 1.87. The van der Waals surface area contributed by atoms with Crippen LogP contribution in [0.1, 0.15) is 37.8 Å². The molecule has 1 aliphatic heterocycles. The summed E-state index contributed by atoms with van der Waals surface area (Å²) < 4.78 is 16.5. The average molecular weight is 435 g/mol. The SMILES string of the molecule is CCNC(=NCc1ccc(C)cc1OCCOCC)NCC1CCN(CCOC)CC1. The first-order valence-corrected chi connectivity index (χ1v) is 11.7. The Kier molecular flexibility index (Phi) is 12.3. The molecule has 0 aliphatic carbocycles. The number of rotatable bonds is 13. The highest BCUT2D eigenvalue weighted by atomic mass is 16.5. The van der Waals surface area contributed by atoms with E-state index in [1.807, 2.05) is 6.92 Å². The van der Waals surface area contributed by atoms with Crippen molar-refractivity contribution in [3.8, 4) is 5.75 Å². The van der Waals surface area contributed by atoms with E-state index in [1.165, 1.54) is 18.4 Å². The highest BCUT2D eigenvalue weighted by Gasteiger charge is 2.19. The molecule has 1 aliphatic rings. The first-order chi connectivity index (χ1) is 15.2. The molecule has 0 radical (unpaired) electrons. The molecule has 1 saturated heterocycles. The van der Waals surface area contributed by atoms with Crippen molar-refractivity contribution in [2.24, 2.45) is 10.9 Å². The summed E-state index contributed by atoms with van der Waals surface area (Å²) in [6.07, 6.45) is 2.43. The fourth-order valence-corrected chi connectivity index (χ4v) is 3.66. The second kappa shape index (κ2) is 15.1. The Morgan fingerprint density at radius 3 is 2.65 bits per heavy atom. The van der Waals surface area contributed by atoms with E-state index in [-0.39, 0.29) is 0 Å². The Morgan fingerprint density at radius 1 is 1.13 bits per heavy atom. The molecule has 2 rings (SSSR count). The third-order valence-corrected chi connectivity index (χ3v) is 5.54. The summed E-state index contributed by atoms with van der Waals surface area (Å²) in [6.45, 7) is 14.5. The minimum atomic E-state index is 0.551. The standard InChI is InChI=1S/C24H42N4O3/c1-5-25-24(26-18-21-9-11-28(12-10-21)13-14-29-4)27-19-22-8-7-20(3)17-23(22)31-16-15-30-6-2/h7-8,17,21H,5-6,9-16,18-19H2,1-4H3,(H2,25,26,27). The van der Waals surface area contributed by atoms with Gasteiger partial charge < -0.3 is 29.7 Å². The summed E-state index contributed by atoms with van der Waals surface area (Å²) in [5.74, 6) is 2.44. The molecular weight excluding hydrogens is 392 g/mol. The van der Waals surface area contributed by atoms with Gasteiger partial charge in [-0.1, -0.05) is 12.1 Å². The van der Waals surface area contributed by atoms with Crippen molar-refractivity contribution in [2.75, 3.05) is 66.3 Å². The second-order valence-electron chi connectivity index (χ2n) is 8.01. The molecule has 0 bridgehead atoms. The number of likely N-dealkylation sites (tertiary alicyclic amines) is 1. The van der Waals surface area contributed by atoms with Crippen LogP contribution in [0.3, 0.4) is 0 Å². The van der Waals surface area contributed by atoms with Crippen LogP contribution in [0, 0.1) is 12.8 Å². The lowest BCUT2D eigenvalue weighted by Gasteiger charge is -2.32. The first kappa shape index (κ1) is 25.4. The minimum Gasteiger partial charge on any atom is -0.491 e. The fourth-order valence-electron chi connectivity index (χ4n) is 3.66. The highest BCUT2D eigenvalue weighted by Crippen LogP contribution is 2.21. The van der Waals surface area contributed by atoms with E-state index in [1.54, 1.807) is 7.11 Å². The summed E-state index contributed by atoms with van der Waals surface area (Å²) >= 11 is 0. The lowest BCUT2D eigenvalue weighted by atomic mass is 9.97. The zero-order valence-electron chi connectivity index (χ0n) is 19.9. The molecule has 7 heteroatoms. The number of nitrogens with one attached hydrogen (secondary N) is 2. The Labute approximate surface area is 188 Å². The summed E-state index contributed by atoms with van der Waals surface area (Å²) in [5.41, 5.74) is 2.27. The Morgan fingerprint density at radius 2 is 1.94 bits per heavy atom. The number of hydrogen-bond donors (Lipinski definition) is 2. The van der Waals surface area contributed by atoms with Crippen molar-refractivity contribution < 1.29 is 14.2 Å². The number of benzene rings is 1. The molecule has 1 fully saturated rings. The van der Waals surface area contributed by atoms with E-state index in [0.29, 0.717) is 32.3 Å². The zero-order chi connectivity index (χ0) is 22.3. The van der Waals surface area contributed by atoms with Crippen molar-refractivity contribution in [3.63, 3.8) is 0 Å². The van der Waals surface area contributed by atoms with Crippen LogP contribution in [0.2, 0.25) is 0 Å². The van der Waals surface area contributed by atoms with Crippen LogP contribution in [0.15, 0.2) is 23.2 Å². The van der Waals surface area contributed by atoms with E-state index < -0.39 is 0 Å². The van der Waals surface area contributed by atoms with Crippen LogP contribution in [0.5, 0.6) is 5.75 Å².